The molecule has 10 nitrogen and oxygen atoms in total. The number of amides is 1. The van der Waals surface area contributed by atoms with E-state index >= 15 is 0 Å². The molecule has 35 heavy (non-hydrogen) atoms. The maximum absolute atomic E-state index is 12.9. The molecule has 0 spiro atoms. The number of methoxy groups -OCH3 is 1. The van der Waals surface area contributed by atoms with Crippen molar-refractivity contribution < 1.29 is 38.1 Å². The van der Waals surface area contributed by atoms with Crippen molar-refractivity contribution in [1.29, 1.82) is 0 Å². The zero-order valence-corrected chi connectivity index (χ0v) is 20.8. The van der Waals surface area contributed by atoms with Crippen molar-refractivity contribution in [2.24, 2.45) is 5.92 Å². The van der Waals surface area contributed by atoms with Crippen molar-refractivity contribution in [2.75, 3.05) is 13.9 Å². The third-order valence-electron chi connectivity index (χ3n) is 4.91. The first-order valence-corrected chi connectivity index (χ1v) is 11.2. The Kier molecular flexibility index (Phi) is 10.3. The molecule has 1 N–H and O–H groups in total. The second kappa shape index (κ2) is 13.2. The summed E-state index contributed by atoms with van der Waals surface area (Å²) in [6.45, 7) is 7.95. The number of hydrogen-bond donors (Lipinski definition) is 1. The summed E-state index contributed by atoms with van der Waals surface area (Å²) < 4.78 is 27.0. The van der Waals surface area contributed by atoms with E-state index in [2.05, 4.69) is 10.3 Å². The molecule has 2 aromatic rings. The molecule has 0 aliphatic rings. The highest BCUT2D eigenvalue weighted by Crippen LogP contribution is 2.29. The van der Waals surface area contributed by atoms with Gasteiger partial charge in [-0.1, -0.05) is 32.0 Å². The number of aromatic nitrogens is 1. The minimum absolute atomic E-state index is 0.0289. The van der Waals surface area contributed by atoms with Gasteiger partial charge >= 0.3 is 11.9 Å². The van der Waals surface area contributed by atoms with Crippen LogP contribution in [0.2, 0.25) is 0 Å². The Morgan fingerprint density at radius 1 is 1.03 bits per heavy atom. The Hall–Kier alpha value is -3.82. The Labute approximate surface area is 204 Å². The molecule has 2 rings (SSSR count). The number of para-hydroxylation sites is 1. The maximum atomic E-state index is 12.9. The number of ether oxygens (including phenoxy) is 5. The summed E-state index contributed by atoms with van der Waals surface area (Å²) in [5.41, 5.74) is -0.142. The summed E-state index contributed by atoms with van der Waals surface area (Å²) in [6.07, 6.45) is 0.372. The first kappa shape index (κ1) is 27.4. The fourth-order valence-electron chi connectivity index (χ4n) is 3.17. The third kappa shape index (κ3) is 8.16. The average Bonchev–Trinajstić information content (AvgIpc) is 2.82. The molecule has 0 radical (unpaired) electrons. The van der Waals surface area contributed by atoms with Gasteiger partial charge in [-0.25, -0.2) is 9.78 Å². The summed E-state index contributed by atoms with van der Waals surface area (Å²) in [7, 11) is 1.39. The van der Waals surface area contributed by atoms with Gasteiger partial charge in [0.25, 0.3) is 5.91 Å². The fraction of sp³-hybridized carbons (Fsp3) is 0.440. The van der Waals surface area contributed by atoms with Crippen molar-refractivity contribution in [3.05, 3.63) is 48.3 Å². The molecule has 0 bridgehead atoms. The maximum Gasteiger partial charge on any atom is 0.328 e. The lowest BCUT2D eigenvalue weighted by Gasteiger charge is -2.29. The lowest BCUT2D eigenvalue weighted by Crippen LogP contribution is -2.44. The van der Waals surface area contributed by atoms with Crippen LogP contribution in [-0.4, -0.2) is 55.0 Å². The molecular formula is C25H32N2O8. The monoisotopic (exact) mass is 488 g/mol. The molecule has 190 valence electrons. The summed E-state index contributed by atoms with van der Waals surface area (Å²) in [5.74, 6) is -0.988. The van der Waals surface area contributed by atoms with Gasteiger partial charge in [0.1, 0.15) is 24.0 Å². The lowest BCUT2D eigenvalue weighted by atomic mass is 10.0. The first-order valence-electron chi connectivity index (χ1n) is 11.2. The van der Waals surface area contributed by atoms with Crippen LogP contribution in [0.3, 0.4) is 0 Å². The van der Waals surface area contributed by atoms with E-state index in [9.17, 15) is 14.4 Å². The number of nitrogens with zero attached hydrogens (tertiary/aromatic N) is 1. The highest BCUT2D eigenvalue weighted by atomic mass is 16.7. The van der Waals surface area contributed by atoms with Crippen LogP contribution in [0.5, 0.6) is 17.2 Å². The number of nitrogens with one attached hydrogen (secondary N) is 1. The number of rotatable bonds is 12. The normalized spacial score (nSPS) is 13.2. The molecule has 0 aliphatic heterocycles. The first-order chi connectivity index (χ1) is 16.6. The van der Waals surface area contributed by atoms with E-state index in [0.29, 0.717) is 5.75 Å². The zero-order valence-electron chi connectivity index (χ0n) is 20.8. The summed E-state index contributed by atoms with van der Waals surface area (Å²) >= 11 is 0. The molecular weight excluding hydrogens is 456 g/mol. The number of pyridine rings is 1. The van der Waals surface area contributed by atoms with Gasteiger partial charge in [-0.05, 0) is 31.9 Å². The van der Waals surface area contributed by atoms with Crippen LogP contribution in [0.25, 0.3) is 0 Å². The molecule has 1 heterocycles. The SMILES string of the molecule is COc1ccnc(C(=O)N[C@@H](C)C(=O)O[C@H](C)[C@@H](Oc2ccccc2)C(C)C)c1OCOC(C)=O. The number of carbonyl (C=O) groups is 3. The van der Waals surface area contributed by atoms with Gasteiger partial charge in [-0.15, -0.1) is 0 Å². The smallest absolute Gasteiger partial charge is 0.328 e. The molecule has 0 aliphatic carbocycles. The van der Waals surface area contributed by atoms with Gasteiger partial charge in [-0.2, -0.15) is 0 Å². The van der Waals surface area contributed by atoms with Crippen molar-refractivity contribution in [3.8, 4) is 17.2 Å². The number of esters is 2. The molecule has 10 heteroatoms. The molecule has 3 atom stereocenters. The number of carbonyl (C=O) groups excluding carboxylic acids is 3. The van der Waals surface area contributed by atoms with E-state index in [0.717, 1.165) is 0 Å². The molecule has 1 aromatic carbocycles. The van der Waals surface area contributed by atoms with Gasteiger partial charge in [0.15, 0.2) is 17.2 Å². The third-order valence-corrected chi connectivity index (χ3v) is 4.91. The van der Waals surface area contributed by atoms with Crippen LogP contribution in [0.4, 0.5) is 0 Å². The zero-order chi connectivity index (χ0) is 26.0. The predicted octanol–water partition coefficient (Wildman–Crippen LogP) is 3.14. The van der Waals surface area contributed by atoms with Crippen molar-refractivity contribution in [3.63, 3.8) is 0 Å². The second-order valence-electron chi connectivity index (χ2n) is 8.07. The highest BCUT2D eigenvalue weighted by molar-refractivity contribution is 5.98. The largest absolute Gasteiger partial charge is 0.493 e. The second-order valence-corrected chi connectivity index (χ2v) is 8.07. The van der Waals surface area contributed by atoms with Crippen LogP contribution in [0, 0.1) is 5.92 Å². The van der Waals surface area contributed by atoms with Crippen molar-refractivity contribution >= 4 is 17.8 Å². The summed E-state index contributed by atoms with van der Waals surface area (Å²) in [5, 5.41) is 2.55. The Balaban J connectivity index is 2.06. The van der Waals surface area contributed by atoms with Crippen molar-refractivity contribution in [1.82, 2.24) is 10.3 Å². The van der Waals surface area contributed by atoms with E-state index in [1.807, 2.05) is 44.2 Å². The molecule has 0 saturated heterocycles. The van der Waals surface area contributed by atoms with Gasteiger partial charge in [-0.3, -0.25) is 9.59 Å². The van der Waals surface area contributed by atoms with Gasteiger partial charge in [0.05, 0.1) is 7.11 Å². The topological polar surface area (TPSA) is 122 Å². The predicted molar refractivity (Wildman–Crippen MR) is 126 cm³/mol. The van der Waals surface area contributed by atoms with Gasteiger partial charge < -0.3 is 29.0 Å². The van der Waals surface area contributed by atoms with Gasteiger partial charge in [0.2, 0.25) is 6.79 Å². The highest BCUT2D eigenvalue weighted by Gasteiger charge is 2.29. The van der Waals surface area contributed by atoms with E-state index in [-0.39, 0.29) is 23.1 Å². The van der Waals surface area contributed by atoms with Crippen LogP contribution >= 0.6 is 0 Å². The van der Waals surface area contributed by atoms with Gasteiger partial charge in [0, 0.05) is 19.2 Å². The minimum atomic E-state index is -0.996. The molecule has 0 unspecified atom stereocenters. The Bertz CT molecular complexity index is 996. The van der Waals surface area contributed by atoms with E-state index in [1.54, 1.807) is 6.92 Å². The lowest BCUT2D eigenvalue weighted by molar-refractivity contribution is -0.156. The summed E-state index contributed by atoms with van der Waals surface area (Å²) in [6, 6.07) is 9.75. The molecule has 1 amide bonds. The Morgan fingerprint density at radius 3 is 2.31 bits per heavy atom. The molecule has 0 fully saturated rings. The molecule has 1 aromatic heterocycles. The van der Waals surface area contributed by atoms with Crippen molar-refractivity contribution in [2.45, 2.75) is 52.9 Å². The average molecular weight is 489 g/mol. The van der Waals surface area contributed by atoms with E-state index in [1.165, 1.54) is 33.2 Å². The van der Waals surface area contributed by atoms with Crippen LogP contribution < -0.4 is 19.5 Å². The number of benzene rings is 1. The quantitative estimate of drug-likeness (QED) is 0.355. The molecule has 0 saturated carbocycles. The van der Waals surface area contributed by atoms with Crippen LogP contribution in [0.1, 0.15) is 45.1 Å². The minimum Gasteiger partial charge on any atom is -0.493 e. The van der Waals surface area contributed by atoms with Crippen LogP contribution in [0.15, 0.2) is 42.6 Å². The fourth-order valence-corrected chi connectivity index (χ4v) is 3.17. The van der Waals surface area contributed by atoms with Crippen LogP contribution in [-0.2, 0) is 19.1 Å². The standard InChI is InChI=1S/C25H32N2O8/c1-15(2)22(35-19-10-8-7-9-11-19)17(4)34-25(30)16(3)27-24(29)21-23(33-14-32-18(5)28)20(31-6)12-13-26-21/h7-13,15-17,22H,14H2,1-6H3,(H,27,29)/t16-,17+,22-/m0/s1. The number of hydrogen-bond acceptors (Lipinski definition) is 9. The van der Waals surface area contributed by atoms with E-state index in [4.69, 9.17) is 23.7 Å². The summed E-state index contributed by atoms with van der Waals surface area (Å²) in [4.78, 5) is 40.6. The Morgan fingerprint density at radius 2 is 1.71 bits per heavy atom. The van der Waals surface area contributed by atoms with E-state index < -0.39 is 42.9 Å².